The first kappa shape index (κ1) is 20.9. The van der Waals surface area contributed by atoms with Gasteiger partial charge in [-0.25, -0.2) is 12.8 Å². The molecule has 0 aliphatic carbocycles. The van der Waals surface area contributed by atoms with Crippen LogP contribution in [0.25, 0.3) is 0 Å². The van der Waals surface area contributed by atoms with E-state index in [4.69, 9.17) is 4.74 Å². The lowest BCUT2D eigenvalue weighted by molar-refractivity contribution is -0.116. The zero-order valence-corrected chi connectivity index (χ0v) is 16.6. The SMILES string of the molecule is CCN(CC(=O)Nc1cc(C)ccc1C)S(=O)(=O)c1cc(F)ccc1OC. The quantitative estimate of drug-likeness (QED) is 0.783. The first-order chi connectivity index (χ1) is 12.7. The summed E-state index contributed by atoms with van der Waals surface area (Å²) < 4.78 is 45.4. The third-order valence-electron chi connectivity index (χ3n) is 4.08. The number of nitrogens with zero attached hydrogens (tertiary/aromatic N) is 1. The lowest BCUT2D eigenvalue weighted by Gasteiger charge is -2.21. The molecule has 0 aromatic heterocycles. The third-order valence-corrected chi connectivity index (χ3v) is 6.03. The molecule has 2 aromatic carbocycles. The molecular weight excluding hydrogens is 371 g/mol. The van der Waals surface area contributed by atoms with Crippen molar-refractivity contribution >= 4 is 21.6 Å². The maximum Gasteiger partial charge on any atom is 0.247 e. The van der Waals surface area contributed by atoms with Gasteiger partial charge in [-0.1, -0.05) is 19.1 Å². The van der Waals surface area contributed by atoms with Gasteiger partial charge in [0.05, 0.1) is 13.7 Å². The Bertz CT molecular complexity index is 945. The Kier molecular flexibility index (Phi) is 6.56. The molecule has 8 heteroatoms. The monoisotopic (exact) mass is 394 g/mol. The molecule has 0 atom stereocenters. The molecule has 6 nitrogen and oxygen atoms in total. The maximum absolute atomic E-state index is 13.6. The molecule has 0 fully saturated rings. The number of amides is 1. The molecule has 0 spiro atoms. The number of aryl methyl sites for hydroxylation is 2. The number of benzene rings is 2. The van der Waals surface area contributed by atoms with Gasteiger partial charge in [-0.3, -0.25) is 4.79 Å². The van der Waals surface area contributed by atoms with Crippen LogP contribution >= 0.6 is 0 Å². The van der Waals surface area contributed by atoms with Gasteiger partial charge in [0.2, 0.25) is 15.9 Å². The number of carbonyl (C=O) groups excluding carboxylic acids is 1. The second-order valence-corrected chi connectivity index (χ2v) is 8.00. The first-order valence-corrected chi connectivity index (χ1v) is 9.83. The summed E-state index contributed by atoms with van der Waals surface area (Å²) in [5.41, 5.74) is 2.46. The van der Waals surface area contributed by atoms with Crippen LogP contribution in [0.5, 0.6) is 5.75 Å². The summed E-state index contributed by atoms with van der Waals surface area (Å²) in [6.45, 7) is 5.00. The van der Waals surface area contributed by atoms with Gasteiger partial charge in [-0.2, -0.15) is 4.31 Å². The lowest BCUT2D eigenvalue weighted by atomic mass is 10.1. The van der Waals surface area contributed by atoms with Gasteiger partial charge < -0.3 is 10.1 Å². The minimum absolute atomic E-state index is 0.0183. The fourth-order valence-electron chi connectivity index (χ4n) is 2.58. The molecule has 1 N–H and O–H groups in total. The molecule has 2 rings (SSSR count). The number of rotatable bonds is 7. The normalized spacial score (nSPS) is 11.5. The number of methoxy groups -OCH3 is 1. The van der Waals surface area contributed by atoms with Gasteiger partial charge >= 0.3 is 0 Å². The fourth-order valence-corrected chi connectivity index (χ4v) is 4.15. The summed E-state index contributed by atoms with van der Waals surface area (Å²) in [6, 6.07) is 8.85. The van der Waals surface area contributed by atoms with Gasteiger partial charge in [0.1, 0.15) is 16.5 Å². The lowest BCUT2D eigenvalue weighted by Crippen LogP contribution is -2.38. The second kappa shape index (κ2) is 8.49. The number of sulfonamides is 1. The predicted octanol–water partition coefficient (Wildman–Crippen LogP) is 3.10. The molecule has 0 bridgehead atoms. The van der Waals surface area contributed by atoms with E-state index in [1.165, 1.54) is 13.2 Å². The zero-order valence-electron chi connectivity index (χ0n) is 15.7. The van der Waals surface area contributed by atoms with Crippen LogP contribution in [0.15, 0.2) is 41.3 Å². The highest BCUT2D eigenvalue weighted by molar-refractivity contribution is 7.89. The third kappa shape index (κ3) is 4.84. The van der Waals surface area contributed by atoms with E-state index in [0.29, 0.717) is 5.69 Å². The Morgan fingerprint density at radius 3 is 2.52 bits per heavy atom. The Hall–Kier alpha value is -2.45. The van der Waals surface area contributed by atoms with E-state index in [-0.39, 0.29) is 17.2 Å². The van der Waals surface area contributed by atoms with Crippen LogP contribution in [0.2, 0.25) is 0 Å². The Labute approximate surface area is 159 Å². The highest BCUT2D eigenvalue weighted by Crippen LogP contribution is 2.27. The van der Waals surface area contributed by atoms with Gasteiger partial charge in [-0.15, -0.1) is 0 Å². The second-order valence-electron chi connectivity index (χ2n) is 6.09. The Morgan fingerprint density at radius 2 is 1.89 bits per heavy atom. The van der Waals surface area contributed by atoms with Crippen molar-refractivity contribution in [3.05, 3.63) is 53.3 Å². The van der Waals surface area contributed by atoms with Crippen molar-refractivity contribution in [3.8, 4) is 5.75 Å². The van der Waals surface area contributed by atoms with Crippen LogP contribution in [0.4, 0.5) is 10.1 Å². The molecule has 0 saturated heterocycles. The van der Waals surface area contributed by atoms with E-state index in [1.807, 2.05) is 32.0 Å². The number of hydrogen-bond acceptors (Lipinski definition) is 4. The number of anilines is 1. The van der Waals surface area contributed by atoms with E-state index in [0.717, 1.165) is 27.6 Å². The predicted molar refractivity (Wildman–Crippen MR) is 102 cm³/mol. The molecular formula is C19H23FN2O4S. The topological polar surface area (TPSA) is 75.7 Å². The summed E-state index contributed by atoms with van der Waals surface area (Å²) in [5.74, 6) is -1.17. The molecule has 2 aromatic rings. The van der Waals surface area contributed by atoms with Crippen molar-refractivity contribution in [2.45, 2.75) is 25.7 Å². The van der Waals surface area contributed by atoms with Gasteiger partial charge in [0.15, 0.2) is 0 Å². The number of nitrogens with one attached hydrogen (secondary N) is 1. The molecule has 0 heterocycles. The standard InChI is InChI=1S/C19H23FN2O4S/c1-5-22(12-19(23)21-16-10-13(2)6-7-14(16)3)27(24,25)18-11-15(20)8-9-17(18)26-4/h6-11H,5,12H2,1-4H3,(H,21,23). The highest BCUT2D eigenvalue weighted by atomic mass is 32.2. The van der Waals surface area contributed by atoms with Crippen molar-refractivity contribution in [2.24, 2.45) is 0 Å². The van der Waals surface area contributed by atoms with Crippen molar-refractivity contribution in [1.82, 2.24) is 4.31 Å². The largest absolute Gasteiger partial charge is 0.495 e. The minimum Gasteiger partial charge on any atom is -0.495 e. The zero-order chi connectivity index (χ0) is 20.2. The number of likely N-dealkylation sites (N-methyl/N-ethyl adjacent to an activating group) is 1. The molecule has 0 unspecified atom stereocenters. The van der Waals surface area contributed by atoms with Crippen LogP contribution in [0.3, 0.4) is 0 Å². The summed E-state index contributed by atoms with van der Waals surface area (Å²) in [7, 11) is -2.81. The van der Waals surface area contributed by atoms with E-state index in [1.54, 1.807) is 6.92 Å². The molecule has 0 aliphatic heterocycles. The average molecular weight is 394 g/mol. The van der Waals surface area contributed by atoms with Gasteiger partial charge in [0, 0.05) is 12.2 Å². The number of halogens is 1. The number of ether oxygens (including phenoxy) is 1. The van der Waals surface area contributed by atoms with E-state index < -0.39 is 28.3 Å². The summed E-state index contributed by atoms with van der Waals surface area (Å²) >= 11 is 0. The van der Waals surface area contributed by atoms with Crippen molar-refractivity contribution < 1.29 is 22.3 Å². The average Bonchev–Trinajstić information content (AvgIpc) is 2.62. The molecule has 0 aliphatic rings. The fraction of sp³-hybridized carbons (Fsp3) is 0.316. The van der Waals surface area contributed by atoms with Crippen LogP contribution in [0, 0.1) is 19.7 Å². The molecule has 0 saturated carbocycles. The Morgan fingerprint density at radius 1 is 1.19 bits per heavy atom. The van der Waals surface area contributed by atoms with E-state index in [2.05, 4.69) is 5.32 Å². The molecule has 27 heavy (non-hydrogen) atoms. The first-order valence-electron chi connectivity index (χ1n) is 8.39. The van der Waals surface area contributed by atoms with Gasteiger partial charge in [0.25, 0.3) is 0 Å². The minimum atomic E-state index is -4.11. The molecule has 1 amide bonds. The van der Waals surface area contributed by atoms with E-state index >= 15 is 0 Å². The van der Waals surface area contributed by atoms with Gasteiger partial charge in [-0.05, 0) is 49.2 Å². The van der Waals surface area contributed by atoms with Crippen molar-refractivity contribution in [3.63, 3.8) is 0 Å². The summed E-state index contributed by atoms with van der Waals surface area (Å²) in [6.07, 6.45) is 0. The Balaban J connectivity index is 2.27. The molecule has 146 valence electrons. The summed E-state index contributed by atoms with van der Waals surface area (Å²) in [4.78, 5) is 12.1. The maximum atomic E-state index is 13.6. The molecule has 0 radical (unpaired) electrons. The number of hydrogen-bond donors (Lipinski definition) is 1. The highest BCUT2D eigenvalue weighted by Gasteiger charge is 2.29. The van der Waals surface area contributed by atoms with Crippen molar-refractivity contribution in [2.75, 3.05) is 25.5 Å². The van der Waals surface area contributed by atoms with Crippen LogP contribution in [-0.2, 0) is 14.8 Å². The van der Waals surface area contributed by atoms with Crippen molar-refractivity contribution in [1.29, 1.82) is 0 Å². The van der Waals surface area contributed by atoms with Crippen LogP contribution in [0.1, 0.15) is 18.1 Å². The summed E-state index contributed by atoms with van der Waals surface area (Å²) in [5, 5.41) is 2.73. The van der Waals surface area contributed by atoms with E-state index in [9.17, 15) is 17.6 Å². The smallest absolute Gasteiger partial charge is 0.247 e. The van der Waals surface area contributed by atoms with Crippen LogP contribution in [-0.4, -0.2) is 38.8 Å². The van der Waals surface area contributed by atoms with Crippen LogP contribution < -0.4 is 10.1 Å². The number of carbonyl (C=O) groups is 1.